The Balaban J connectivity index is 2.09. The number of benzene rings is 1. The van der Waals surface area contributed by atoms with Gasteiger partial charge in [-0.15, -0.1) is 11.8 Å². The Bertz CT molecular complexity index is 573. The highest BCUT2D eigenvalue weighted by atomic mass is 32.2. The van der Waals surface area contributed by atoms with E-state index in [0.29, 0.717) is 0 Å². The third-order valence-corrected chi connectivity index (χ3v) is 4.62. The predicted octanol–water partition coefficient (Wildman–Crippen LogP) is 1.44. The van der Waals surface area contributed by atoms with Crippen LogP contribution in [0.15, 0.2) is 30.3 Å². The molecule has 0 aliphatic heterocycles. The van der Waals surface area contributed by atoms with Gasteiger partial charge >= 0.3 is 5.97 Å². The molecule has 1 aliphatic rings. The average Bonchev–Trinajstić information content (AvgIpc) is 2.44. The number of aliphatic hydroxyl groups excluding tert-OH is 1. The maximum absolute atomic E-state index is 11.1. The van der Waals surface area contributed by atoms with Crippen LogP contribution in [0.5, 0.6) is 0 Å². The maximum Gasteiger partial charge on any atom is 0.327 e. The molecular weight excluding hydrogens is 290 g/mol. The van der Waals surface area contributed by atoms with Crippen LogP contribution in [0.3, 0.4) is 0 Å². The van der Waals surface area contributed by atoms with Crippen LogP contribution in [0.1, 0.15) is 23.3 Å². The number of carboxylic acid groups (broad SMARTS) is 1. The van der Waals surface area contributed by atoms with Crippen molar-refractivity contribution in [1.82, 2.24) is 5.32 Å². The topological polar surface area (TPSA) is 86.6 Å². The van der Waals surface area contributed by atoms with E-state index in [1.165, 1.54) is 18.7 Å². The summed E-state index contributed by atoms with van der Waals surface area (Å²) in [4.78, 5) is 22.2. The zero-order valence-electron chi connectivity index (χ0n) is 11.5. The molecule has 1 unspecified atom stereocenters. The Hall–Kier alpha value is -1.79. The summed E-state index contributed by atoms with van der Waals surface area (Å²) in [6.45, 7) is 1.29. The Morgan fingerprint density at radius 1 is 1.38 bits per heavy atom. The van der Waals surface area contributed by atoms with Gasteiger partial charge in [-0.1, -0.05) is 36.4 Å². The van der Waals surface area contributed by atoms with E-state index in [1.807, 2.05) is 30.3 Å². The average molecular weight is 307 g/mol. The van der Waals surface area contributed by atoms with E-state index in [4.69, 9.17) is 5.11 Å². The summed E-state index contributed by atoms with van der Waals surface area (Å²) >= 11 is 1.33. The van der Waals surface area contributed by atoms with Gasteiger partial charge in [0.25, 0.3) is 0 Å². The Kier molecular flexibility index (Phi) is 5.03. The summed E-state index contributed by atoms with van der Waals surface area (Å²) in [6, 6.07) is 6.72. The van der Waals surface area contributed by atoms with Gasteiger partial charge in [0.1, 0.15) is 6.04 Å². The second-order valence-electron chi connectivity index (χ2n) is 4.82. The third kappa shape index (κ3) is 3.86. The second kappa shape index (κ2) is 6.78. The highest BCUT2D eigenvalue weighted by Crippen LogP contribution is 2.38. The molecule has 21 heavy (non-hydrogen) atoms. The number of nitrogens with one attached hydrogen (secondary N) is 1. The van der Waals surface area contributed by atoms with Gasteiger partial charge in [0.15, 0.2) is 0 Å². The fourth-order valence-corrected chi connectivity index (χ4v) is 3.53. The molecule has 112 valence electrons. The van der Waals surface area contributed by atoms with E-state index in [1.54, 1.807) is 6.08 Å². The molecule has 0 fully saturated rings. The van der Waals surface area contributed by atoms with Crippen molar-refractivity contribution in [2.45, 2.75) is 24.3 Å². The van der Waals surface area contributed by atoms with Gasteiger partial charge in [-0.25, -0.2) is 4.79 Å². The monoisotopic (exact) mass is 307 g/mol. The normalized spacial score (nSPS) is 21.4. The number of carbonyl (C=O) groups is 2. The van der Waals surface area contributed by atoms with Crippen LogP contribution in [0.2, 0.25) is 0 Å². The van der Waals surface area contributed by atoms with E-state index in [2.05, 4.69) is 5.32 Å². The fourth-order valence-electron chi connectivity index (χ4n) is 2.22. The number of fused-ring (bicyclic) bond motifs is 1. The molecule has 2 rings (SSSR count). The van der Waals surface area contributed by atoms with Gasteiger partial charge in [0, 0.05) is 12.7 Å². The first-order chi connectivity index (χ1) is 9.99. The molecule has 0 heterocycles. The lowest BCUT2D eigenvalue weighted by molar-refractivity contribution is -0.140. The van der Waals surface area contributed by atoms with Crippen LogP contribution in [0.25, 0.3) is 6.08 Å². The maximum atomic E-state index is 11.1. The molecule has 0 saturated heterocycles. The molecule has 6 heteroatoms. The molecule has 1 aromatic carbocycles. The molecule has 5 nitrogen and oxygen atoms in total. The molecule has 0 aromatic heterocycles. The van der Waals surface area contributed by atoms with Gasteiger partial charge < -0.3 is 15.5 Å². The van der Waals surface area contributed by atoms with E-state index < -0.39 is 18.1 Å². The lowest BCUT2D eigenvalue weighted by atomic mass is 9.95. The van der Waals surface area contributed by atoms with Crippen molar-refractivity contribution in [1.29, 1.82) is 0 Å². The third-order valence-electron chi connectivity index (χ3n) is 3.20. The highest BCUT2D eigenvalue weighted by molar-refractivity contribution is 7.99. The van der Waals surface area contributed by atoms with Crippen molar-refractivity contribution >= 4 is 29.7 Å². The standard InChI is InChI=1S/C15H17NO4S/c1-9(17)16-12(15(19)20)8-21-14-11-5-3-2-4-10(11)6-7-13(14)18/h2-7,12-14,18H,8H2,1H3,(H,16,17)(H,19,20)/t12-,13?,14+/m0/s1. The Morgan fingerprint density at radius 3 is 2.76 bits per heavy atom. The minimum atomic E-state index is -1.08. The first-order valence-electron chi connectivity index (χ1n) is 6.55. The number of aliphatic hydroxyl groups is 1. The molecule has 0 saturated carbocycles. The predicted molar refractivity (Wildman–Crippen MR) is 81.9 cm³/mol. The summed E-state index contributed by atoms with van der Waals surface area (Å²) in [5.41, 5.74) is 2.00. The number of carbonyl (C=O) groups excluding carboxylic acids is 1. The van der Waals surface area contributed by atoms with Crippen molar-refractivity contribution in [2.24, 2.45) is 0 Å². The van der Waals surface area contributed by atoms with Crippen LogP contribution in [-0.4, -0.2) is 40.0 Å². The fraction of sp³-hybridized carbons (Fsp3) is 0.333. The zero-order valence-corrected chi connectivity index (χ0v) is 12.3. The number of carboxylic acids is 1. The van der Waals surface area contributed by atoms with Crippen LogP contribution in [-0.2, 0) is 9.59 Å². The van der Waals surface area contributed by atoms with Crippen molar-refractivity contribution < 1.29 is 19.8 Å². The number of aliphatic carboxylic acids is 1. The molecule has 0 bridgehead atoms. The lowest BCUT2D eigenvalue weighted by Gasteiger charge is -2.27. The molecule has 0 radical (unpaired) electrons. The van der Waals surface area contributed by atoms with E-state index in [-0.39, 0.29) is 16.9 Å². The first-order valence-corrected chi connectivity index (χ1v) is 7.60. The van der Waals surface area contributed by atoms with Crippen molar-refractivity contribution in [3.05, 3.63) is 41.5 Å². The number of hydrogen-bond donors (Lipinski definition) is 3. The first kappa shape index (κ1) is 15.6. The van der Waals surface area contributed by atoms with Gasteiger partial charge in [-0.05, 0) is 11.1 Å². The van der Waals surface area contributed by atoms with Crippen LogP contribution in [0, 0.1) is 0 Å². The minimum Gasteiger partial charge on any atom is -0.480 e. The van der Waals surface area contributed by atoms with Crippen molar-refractivity contribution in [2.75, 3.05) is 5.75 Å². The molecule has 1 aromatic rings. The lowest BCUT2D eigenvalue weighted by Crippen LogP contribution is -2.41. The Morgan fingerprint density at radius 2 is 2.10 bits per heavy atom. The van der Waals surface area contributed by atoms with Crippen LogP contribution >= 0.6 is 11.8 Å². The summed E-state index contributed by atoms with van der Waals surface area (Å²) < 4.78 is 0. The van der Waals surface area contributed by atoms with E-state index in [9.17, 15) is 14.7 Å². The van der Waals surface area contributed by atoms with Crippen molar-refractivity contribution in [3.63, 3.8) is 0 Å². The summed E-state index contributed by atoms with van der Waals surface area (Å²) in [5.74, 6) is -1.27. The van der Waals surface area contributed by atoms with E-state index in [0.717, 1.165) is 11.1 Å². The van der Waals surface area contributed by atoms with Gasteiger partial charge in [0.2, 0.25) is 5.91 Å². The van der Waals surface area contributed by atoms with E-state index >= 15 is 0 Å². The highest BCUT2D eigenvalue weighted by Gasteiger charge is 2.27. The quantitative estimate of drug-likeness (QED) is 0.766. The largest absolute Gasteiger partial charge is 0.480 e. The number of rotatable bonds is 5. The summed E-state index contributed by atoms with van der Waals surface area (Å²) in [5, 5.41) is 21.4. The van der Waals surface area contributed by atoms with Gasteiger partial charge in [-0.2, -0.15) is 0 Å². The van der Waals surface area contributed by atoms with Crippen molar-refractivity contribution in [3.8, 4) is 0 Å². The molecular formula is C15H17NO4S. The molecule has 0 spiro atoms. The molecule has 1 amide bonds. The number of thioether (sulfide) groups is 1. The van der Waals surface area contributed by atoms with Gasteiger partial charge in [-0.3, -0.25) is 4.79 Å². The second-order valence-corrected chi connectivity index (χ2v) is 6.00. The minimum absolute atomic E-state index is 0.193. The Labute approximate surface area is 127 Å². The van der Waals surface area contributed by atoms with Crippen LogP contribution in [0.4, 0.5) is 0 Å². The molecule has 3 atom stereocenters. The summed E-state index contributed by atoms with van der Waals surface area (Å²) in [7, 11) is 0. The number of hydrogen-bond acceptors (Lipinski definition) is 4. The smallest absolute Gasteiger partial charge is 0.327 e. The SMILES string of the molecule is CC(=O)N[C@@H](CS[C@@H]1c2ccccc2C=CC1O)C(=O)O. The van der Waals surface area contributed by atoms with Crippen LogP contribution < -0.4 is 5.32 Å². The molecule has 3 N–H and O–H groups in total. The molecule has 1 aliphatic carbocycles. The summed E-state index contributed by atoms with van der Waals surface area (Å²) in [6.07, 6.45) is 2.89. The number of amides is 1. The van der Waals surface area contributed by atoms with Gasteiger partial charge in [0.05, 0.1) is 11.4 Å². The zero-order chi connectivity index (χ0) is 15.4.